The summed E-state index contributed by atoms with van der Waals surface area (Å²) in [6.45, 7) is -1.34. The fourth-order valence-electron chi connectivity index (χ4n) is 4.45. The molecule has 0 aromatic heterocycles. The molecule has 190 valence electrons. The molecule has 0 unspecified atom stereocenters. The van der Waals surface area contributed by atoms with E-state index in [2.05, 4.69) is 4.74 Å². The van der Waals surface area contributed by atoms with E-state index in [1.165, 1.54) is 0 Å². The molecule has 1 N–H and O–H groups in total. The number of carbonyl (C=O) groups is 2. The minimum atomic E-state index is -3.30. The lowest BCUT2D eigenvalue weighted by Gasteiger charge is -2.35. The van der Waals surface area contributed by atoms with Crippen LogP contribution in [0.3, 0.4) is 0 Å². The normalized spacial score (nSPS) is 19.8. The van der Waals surface area contributed by atoms with Crippen molar-refractivity contribution in [1.82, 2.24) is 0 Å². The highest BCUT2D eigenvalue weighted by atomic mass is 19.3. The maximum atomic E-state index is 14.4. The van der Waals surface area contributed by atoms with Crippen molar-refractivity contribution in [2.75, 3.05) is 0 Å². The van der Waals surface area contributed by atoms with Gasteiger partial charge in [0.2, 0.25) is 0 Å². The fourth-order valence-corrected chi connectivity index (χ4v) is 4.45. The van der Waals surface area contributed by atoms with Gasteiger partial charge in [0.25, 0.3) is 0 Å². The van der Waals surface area contributed by atoms with E-state index in [1.54, 1.807) is 0 Å². The van der Waals surface area contributed by atoms with Crippen LogP contribution in [0.25, 0.3) is 10.8 Å². The average Bonchev–Trinajstić information content (AvgIpc) is 2.85. The average molecular weight is 502 g/mol. The highest BCUT2D eigenvalue weighted by Gasteiger charge is 2.40. The Bertz CT molecular complexity index is 1260. The summed E-state index contributed by atoms with van der Waals surface area (Å²) in [7, 11) is 0. The van der Waals surface area contributed by atoms with Crippen LogP contribution in [0, 0.1) is 11.2 Å². The zero-order chi connectivity index (χ0) is 25.9. The third-order valence-electron chi connectivity index (χ3n) is 6.54. The number of alkyl halides is 2. The van der Waals surface area contributed by atoms with Gasteiger partial charge < -0.3 is 19.3 Å². The topological polar surface area (TPSA) is 82.1 Å². The van der Waals surface area contributed by atoms with Crippen molar-refractivity contribution in [3.8, 4) is 11.5 Å². The zero-order valence-electron chi connectivity index (χ0n) is 19.5. The number of esters is 1. The predicted octanol–water partition coefficient (Wildman–Crippen LogP) is 6.35. The molecule has 36 heavy (non-hydrogen) atoms. The van der Waals surface area contributed by atoms with Crippen LogP contribution in [0.5, 0.6) is 11.5 Å². The third kappa shape index (κ3) is 5.56. The van der Waals surface area contributed by atoms with Crippen LogP contribution in [0.1, 0.15) is 48.5 Å². The van der Waals surface area contributed by atoms with Crippen LogP contribution in [-0.4, -0.2) is 29.8 Å². The first-order chi connectivity index (χ1) is 17.2. The molecule has 3 aromatic carbocycles. The lowest BCUT2D eigenvalue weighted by molar-refractivity contribution is -0.159. The molecule has 1 aliphatic carbocycles. The number of hydrogen-bond donors (Lipinski definition) is 1. The van der Waals surface area contributed by atoms with E-state index in [-0.39, 0.29) is 18.3 Å². The van der Waals surface area contributed by atoms with Crippen molar-refractivity contribution in [3.05, 3.63) is 71.5 Å². The van der Waals surface area contributed by atoms with Crippen LogP contribution in [-0.2, 0) is 16.1 Å². The Morgan fingerprint density at radius 2 is 1.75 bits per heavy atom. The van der Waals surface area contributed by atoms with Crippen molar-refractivity contribution < 1.29 is 42.1 Å². The monoisotopic (exact) mass is 502 g/mol. The molecule has 0 saturated heterocycles. The number of benzene rings is 3. The maximum absolute atomic E-state index is 14.4. The highest BCUT2D eigenvalue weighted by Crippen LogP contribution is 2.40. The van der Waals surface area contributed by atoms with Gasteiger partial charge in [-0.3, -0.25) is 4.79 Å². The molecule has 1 saturated carbocycles. The lowest BCUT2D eigenvalue weighted by Crippen LogP contribution is -2.37. The van der Waals surface area contributed by atoms with Crippen molar-refractivity contribution in [3.63, 3.8) is 0 Å². The second kappa shape index (κ2) is 10.5. The zero-order valence-corrected chi connectivity index (χ0v) is 19.5. The Morgan fingerprint density at radius 1 is 1.06 bits per heavy atom. The summed E-state index contributed by atoms with van der Waals surface area (Å²) < 4.78 is 54.9. The van der Waals surface area contributed by atoms with Gasteiger partial charge in [0.15, 0.2) is 11.6 Å². The number of fused-ring (bicyclic) bond motifs is 1. The van der Waals surface area contributed by atoms with Crippen LogP contribution in [0.4, 0.5) is 13.2 Å². The second-order valence-electron chi connectivity index (χ2n) is 9.05. The van der Waals surface area contributed by atoms with E-state index in [4.69, 9.17) is 9.47 Å². The van der Waals surface area contributed by atoms with E-state index < -0.39 is 41.2 Å². The molecular formula is C27H25F3O6. The van der Waals surface area contributed by atoms with Gasteiger partial charge in [0, 0.05) is 12.1 Å². The first kappa shape index (κ1) is 25.3. The molecule has 0 radical (unpaired) electrons. The summed E-state index contributed by atoms with van der Waals surface area (Å²) in [4.78, 5) is 24.3. The molecule has 9 heteroatoms. The van der Waals surface area contributed by atoms with Crippen LogP contribution >= 0.6 is 0 Å². The molecule has 0 amide bonds. The van der Waals surface area contributed by atoms with Gasteiger partial charge in [0.05, 0.1) is 11.5 Å². The first-order valence-corrected chi connectivity index (χ1v) is 11.5. The summed E-state index contributed by atoms with van der Waals surface area (Å²) >= 11 is 0. The molecule has 4 rings (SSSR count). The maximum Gasteiger partial charge on any atom is 0.387 e. The number of carbonyl (C=O) groups excluding carboxylic acids is 1. The van der Waals surface area contributed by atoms with Crippen molar-refractivity contribution in [2.45, 2.75) is 51.9 Å². The van der Waals surface area contributed by atoms with Crippen molar-refractivity contribution in [2.24, 2.45) is 5.41 Å². The Morgan fingerprint density at radius 3 is 2.44 bits per heavy atom. The first-order valence-electron chi connectivity index (χ1n) is 11.5. The van der Waals surface area contributed by atoms with Crippen LogP contribution in [0.15, 0.2) is 54.6 Å². The Balaban J connectivity index is 1.38. The number of rotatable bonds is 8. The smallest absolute Gasteiger partial charge is 0.387 e. The van der Waals surface area contributed by atoms with Gasteiger partial charge in [-0.2, -0.15) is 8.78 Å². The lowest BCUT2D eigenvalue weighted by atomic mass is 9.74. The molecular weight excluding hydrogens is 477 g/mol. The summed E-state index contributed by atoms with van der Waals surface area (Å²) in [5.41, 5.74) is -0.472. The Kier molecular flexibility index (Phi) is 7.37. The number of hydrogen-bond acceptors (Lipinski definition) is 5. The van der Waals surface area contributed by atoms with E-state index >= 15 is 0 Å². The molecule has 1 fully saturated rings. The van der Waals surface area contributed by atoms with Crippen molar-refractivity contribution >= 4 is 22.7 Å². The van der Waals surface area contributed by atoms with Gasteiger partial charge in [-0.15, -0.1) is 0 Å². The highest BCUT2D eigenvalue weighted by molar-refractivity contribution is 5.91. The quantitative estimate of drug-likeness (QED) is 0.362. The molecule has 0 spiro atoms. The predicted molar refractivity (Wildman–Crippen MR) is 125 cm³/mol. The Hall–Kier alpha value is -3.75. The standard InChI is InChI=1S/C27H25F3O6/c1-27(25(33)34-15-17-7-4-6-16-5-2-3-8-19(16)17)11-9-18(10-12-27)35-23-13-20(24(31)32)22(14-21(23)28)36-26(29)30/h2-8,13-14,18,26H,9-12,15H2,1H3,(H,31,32)/t18-,27+. The van der Waals surface area contributed by atoms with Gasteiger partial charge in [-0.25, -0.2) is 9.18 Å². The number of aromatic carboxylic acids is 1. The van der Waals surface area contributed by atoms with Gasteiger partial charge >= 0.3 is 18.6 Å². The SMILES string of the molecule is C[C@]1(C(=O)OCc2cccc3ccccc23)CC[C@@H](Oc2cc(C(=O)O)c(OC(F)F)cc2F)CC1. The van der Waals surface area contributed by atoms with Gasteiger partial charge in [0.1, 0.15) is 17.9 Å². The summed E-state index contributed by atoms with van der Waals surface area (Å²) in [5.74, 6) is -4.06. The molecule has 0 bridgehead atoms. The van der Waals surface area contributed by atoms with E-state index in [9.17, 15) is 27.9 Å². The van der Waals surface area contributed by atoms with E-state index in [0.717, 1.165) is 22.4 Å². The molecule has 0 atom stereocenters. The number of carboxylic acid groups (broad SMARTS) is 1. The number of halogens is 3. The number of carboxylic acids is 1. The van der Waals surface area contributed by atoms with E-state index in [1.807, 2.05) is 49.4 Å². The largest absolute Gasteiger partial charge is 0.487 e. The molecule has 0 aliphatic heterocycles. The van der Waals surface area contributed by atoms with Crippen LogP contribution < -0.4 is 9.47 Å². The van der Waals surface area contributed by atoms with Crippen LogP contribution in [0.2, 0.25) is 0 Å². The molecule has 3 aromatic rings. The Labute approximate surface area is 205 Å². The molecule has 6 nitrogen and oxygen atoms in total. The summed E-state index contributed by atoms with van der Waals surface area (Å²) in [6, 6.07) is 15.1. The van der Waals surface area contributed by atoms with E-state index in [0.29, 0.717) is 31.7 Å². The minimum Gasteiger partial charge on any atom is -0.487 e. The minimum absolute atomic E-state index is 0.145. The molecule has 1 aliphatic rings. The number of ether oxygens (including phenoxy) is 3. The van der Waals surface area contributed by atoms with Crippen molar-refractivity contribution in [1.29, 1.82) is 0 Å². The summed E-state index contributed by atoms with van der Waals surface area (Å²) in [6.07, 6.45) is 1.16. The molecule has 0 heterocycles. The fraction of sp³-hybridized carbons (Fsp3) is 0.333. The van der Waals surface area contributed by atoms with Gasteiger partial charge in [-0.05, 0) is 48.9 Å². The third-order valence-corrected chi connectivity index (χ3v) is 6.54. The second-order valence-corrected chi connectivity index (χ2v) is 9.05. The summed E-state index contributed by atoms with van der Waals surface area (Å²) in [5, 5.41) is 11.3. The van der Waals surface area contributed by atoms with Gasteiger partial charge in [-0.1, -0.05) is 42.5 Å².